The minimum absolute atomic E-state index is 0.0897. The lowest BCUT2D eigenvalue weighted by Gasteiger charge is -2.17. The second-order valence-corrected chi connectivity index (χ2v) is 8.86. The molecular formula is C25H23N5O6S. The monoisotopic (exact) mass is 521 g/mol. The van der Waals surface area contributed by atoms with Gasteiger partial charge in [0.05, 0.1) is 24.8 Å². The maximum atomic E-state index is 13.0. The molecule has 190 valence electrons. The lowest BCUT2D eigenvalue weighted by atomic mass is 10.2. The summed E-state index contributed by atoms with van der Waals surface area (Å²) < 4.78 is 45.5. The van der Waals surface area contributed by atoms with Gasteiger partial charge in [0.15, 0.2) is 23.1 Å². The summed E-state index contributed by atoms with van der Waals surface area (Å²) in [5.74, 6) is 0.403. The van der Waals surface area contributed by atoms with Crippen LogP contribution in [0.25, 0.3) is 17.5 Å². The fourth-order valence-corrected chi connectivity index (χ4v) is 3.87. The molecule has 0 aliphatic carbocycles. The number of ether oxygens (including phenoxy) is 3. The molecule has 37 heavy (non-hydrogen) atoms. The van der Waals surface area contributed by atoms with Gasteiger partial charge in [-0.1, -0.05) is 18.2 Å². The zero-order valence-corrected chi connectivity index (χ0v) is 20.5. The van der Waals surface area contributed by atoms with Crippen LogP contribution in [0.15, 0.2) is 78.6 Å². The number of hydrogen-bond acceptors (Lipinski definition) is 10. The van der Waals surface area contributed by atoms with Gasteiger partial charge in [0.1, 0.15) is 6.61 Å². The molecule has 1 aromatic carbocycles. The number of aliphatic hydroxyl groups excluding tert-OH is 1. The summed E-state index contributed by atoms with van der Waals surface area (Å²) in [4.78, 5) is 16.9. The number of benzene rings is 1. The van der Waals surface area contributed by atoms with E-state index in [1.165, 1.54) is 13.2 Å². The minimum atomic E-state index is -4.09. The molecule has 0 aliphatic heterocycles. The summed E-state index contributed by atoms with van der Waals surface area (Å²) in [6, 6.07) is 15.2. The Morgan fingerprint density at radius 2 is 1.73 bits per heavy atom. The highest BCUT2D eigenvalue weighted by atomic mass is 32.2. The number of anilines is 1. The van der Waals surface area contributed by atoms with Gasteiger partial charge in [0.2, 0.25) is 5.75 Å². The highest BCUT2D eigenvalue weighted by Gasteiger charge is 2.23. The zero-order valence-electron chi connectivity index (χ0n) is 19.7. The van der Waals surface area contributed by atoms with E-state index in [9.17, 15) is 13.5 Å². The number of nitrogens with one attached hydrogen (secondary N) is 1. The van der Waals surface area contributed by atoms with Gasteiger partial charge in [-0.15, -0.1) is 0 Å². The van der Waals surface area contributed by atoms with Crippen molar-refractivity contribution in [2.24, 2.45) is 0 Å². The molecule has 0 atom stereocenters. The van der Waals surface area contributed by atoms with Crippen LogP contribution in [0.3, 0.4) is 0 Å². The lowest BCUT2D eigenvalue weighted by molar-refractivity contribution is 0.192. The number of pyridine rings is 2. The van der Waals surface area contributed by atoms with E-state index in [-0.39, 0.29) is 42.2 Å². The third-order valence-corrected chi connectivity index (χ3v) is 5.70. The molecule has 0 amide bonds. The number of aliphatic hydroxyl groups is 1. The van der Waals surface area contributed by atoms with E-state index in [1.54, 1.807) is 73.2 Å². The van der Waals surface area contributed by atoms with Gasteiger partial charge in [-0.3, -0.25) is 14.7 Å². The van der Waals surface area contributed by atoms with E-state index >= 15 is 0 Å². The molecule has 11 nitrogen and oxygen atoms in total. The van der Waals surface area contributed by atoms with Gasteiger partial charge in [-0.25, -0.2) is 13.4 Å². The van der Waals surface area contributed by atoms with Crippen molar-refractivity contribution >= 4 is 21.9 Å². The van der Waals surface area contributed by atoms with E-state index in [2.05, 4.69) is 24.7 Å². The molecule has 4 rings (SSSR count). The van der Waals surface area contributed by atoms with Crippen molar-refractivity contribution in [3.8, 4) is 34.5 Å². The summed E-state index contributed by atoms with van der Waals surface area (Å²) >= 11 is 0. The Balaban J connectivity index is 1.82. The van der Waals surface area contributed by atoms with Crippen LogP contribution in [0.1, 0.15) is 5.69 Å². The van der Waals surface area contributed by atoms with E-state index in [0.29, 0.717) is 17.0 Å². The summed E-state index contributed by atoms with van der Waals surface area (Å²) in [6.45, 7) is -0.433. The topological polar surface area (TPSA) is 146 Å². The normalized spacial score (nSPS) is 11.3. The quantitative estimate of drug-likeness (QED) is 0.301. The van der Waals surface area contributed by atoms with Crippen molar-refractivity contribution in [2.75, 3.05) is 25.0 Å². The van der Waals surface area contributed by atoms with Crippen molar-refractivity contribution in [1.82, 2.24) is 19.9 Å². The molecule has 0 saturated heterocycles. The number of para-hydroxylation sites is 2. The largest absolute Gasteiger partial charge is 0.493 e. The Morgan fingerprint density at radius 3 is 2.43 bits per heavy atom. The molecule has 3 heterocycles. The third-order valence-electron chi connectivity index (χ3n) is 4.73. The average Bonchev–Trinajstić information content (AvgIpc) is 2.93. The minimum Gasteiger partial charge on any atom is -0.493 e. The number of sulfonamides is 1. The standard InChI is InChI=1S/C25H23N5O6S/c1-34-20-7-2-3-8-21(20)36-22-24(30-37(32,33)17-11-19-6-4-5-12-27-19)28-23(18-9-13-26-14-10-18)29-25(22)35-16-15-31/h2-14,17,31H,15-16H2,1H3,(H,28,29,30). The fourth-order valence-electron chi connectivity index (χ4n) is 3.08. The van der Waals surface area contributed by atoms with E-state index in [4.69, 9.17) is 14.2 Å². The Kier molecular flexibility index (Phi) is 8.23. The van der Waals surface area contributed by atoms with Crippen LogP contribution in [-0.2, 0) is 10.0 Å². The molecule has 3 aromatic heterocycles. The van der Waals surface area contributed by atoms with Crippen LogP contribution in [0.4, 0.5) is 5.82 Å². The van der Waals surface area contributed by atoms with Crippen LogP contribution >= 0.6 is 0 Å². The first-order chi connectivity index (χ1) is 18.0. The average molecular weight is 522 g/mol. The molecule has 0 radical (unpaired) electrons. The maximum absolute atomic E-state index is 13.0. The predicted octanol–water partition coefficient (Wildman–Crippen LogP) is 3.52. The first-order valence-electron chi connectivity index (χ1n) is 11.0. The Labute approximate surface area is 213 Å². The number of nitrogens with zero attached hydrogens (tertiary/aromatic N) is 4. The molecular weight excluding hydrogens is 498 g/mol. The Hall–Kier alpha value is -4.55. The van der Waals surface area contributed by atoms with Crippen molar-refractivity contribution in [3.05, 3.63) is 84.3 Å². The highest BCUT2D eigenvalue weighted by Crippen LogP contribution is 2.41. The predicted molar refractivity (Wildman–Crippen MR) is 137 cm³/mol. The third kappa shape index (κ3) is 6.78. The van der Waals surface area contributed by atoms with Crippen LogP contribution in [0.2, 0.25) is 0 Å². The van der Waals surface area contributed by atoms with Crippen molar-refractivity contribution in [3.63, 3.8) is 0 Å². The SMILES string of the molecule is COc1ccccc1Oc1c(NS(=O)(=O)C=Cc2ccccn2)nc(-c2ccncc2)nc1OCCO. The molecule has 0 fully saturated rings. The van der Waals surface area contributed by atoms with Crippen LogP contribution < -0.4 is 18.9 Å². The van der Waals surface area contributed by atoms with E-state index < -0.39 is 10.0 Å². The molecule has 0 aliphatic rings. The van der Waals surface area contributed by atoms with E-state index in [0.717, 1.165) is 5.41 Å². The van der Waals surface area contributed by atoms with Crippen LogP contribution in [0, 0.1) is 0 Å². The second kappa shape index (κ2) is 11.9. The molecule has 0 bridgehead atoms. The fraction of sp³-hybridized carbons (Fsp3) is 0.120. The number of rotatable bonds is 11. The lowest BCUT2D eigenvalue weighted by Crippen LogP contribution is -2.14. The van der Waals surface area contributed by atoms with Crippen molar-refractivity contribution < 1.29 is 27.7 Å². The molecule has 4 aromatic rings. The Bertz CT molecular complexity index is 1470. The molecule has 0 unspecified atom stereocenters. The Morgan fingerprint density at radius 1 is 0.973 bits per heavy atom. The number of methoxy groups -OCH3 is 1. The van der Waals surface area contributed by atoms with Gasteiger partial charge in [-0.2, -0.15) is 4.98 Å². The van der Waals surface area contributed by atoms with Gasteiger partial charge in [-0.05, 0) is 42.5 Å². The van der Waals surface area contributed by atoms with Gasteiger partial charge in [0, 0.05) is 24.2 Å². The highest BCUT2D eigenvalue weighted by molar-refractivity contribution is 7.95. The summed E-state index contributed by atoms with van der Waals surface area (Å²) in [6.07, 6.45) is 5.99. The first-order valence-corrected chi connectivity index (χ1v) is 12.5. The summed E-state index contributed by atoms with van der Waals surface area (Å²) in [5.41, 5.74) is 1.00. The zero-order chi connectivity index (χ0) is 26.1. The van der Waals surface area contributed by atoms with Crippen LogP contribution in [-0.4, -0.2) is 53.8 Å². The molecule has 12 heteroatoms. The number of hydrogen-bond donors (Lipinski definition) is 2. The van der Waals surface area contributed by atoms with Gasteiger partial charge >= 0.3 is 0 Å². The smallest absolute Gasteiger partial charge is 0.263 e. The summed E-state index contributed by atoms with van der Waals surface area (Å²) in [5, 5.41) is 10.3. The van der Waals surface area contributed by atoms with E-state index in [1.807, 2.05) is 0 Å². The first kappa shape index (κ1) is 25.5. The molecule has 0 spiro atoms. The summed E-state index contributed by atoms with van der Waals surface area (Å²) in [7, 11) is -2.62. The van der Waals surface area contributed by atoms with Gasteiger partial charge < -0.3 is 19.3 Å². The van der Waals surface area contributed by atoms with Crippen molar-refractivity contribution in [1.29, 1.82) is 0 Å². The van der Waals surface area contributed by atoms with Crippen molar-refractivity contribution in [2.45, 2.75) is 0 Å². The maximum Gasteiger partial charge on any atom is 0.263 e. The number of aromatic nitrogens is 4. The van der Waals surface area contributed by atoms with Crippen LogP contribution in [0.5, 0.6) is 23.1 Å². The van der Waals surface area contributed by atoms with Gasteiger partial charge in [0.25, 0.3) is 15.9 Å². The second-order valence-electron chi connectivity index (χ2n) is 7.30. The molecule has 0 saturated carbocycles. The molecule has 2 N–H and O–H groups in total.